The summed E-state index contributed by atoms with van der Waals surface area (Å²) in [6.07, 6.45) is 3.92. The second kappa shape index (κ2) is 26.4. The molecule has 2 aromatic rings. The van der Waals surface area contributed by atoms with Gasteiger partial charge in [0.25, 0.3) is 5.69 Å². The number of non-ortho nitro benzene ring substituents is 1. The molecule has 3 rings (SSSR count). The van der Waals surface area contributed by atoms with Crippen LogP contribution in [-0.2, 0) is 44.6 Å². The summed E-state index contributed by atoms with van der Waals surface area (Å²) >= 11 is 0. The van der Waals surface area contributed by atoms with Crippen molar-refractivity contribution in [1.82, 2.24) is 5.32 Å². The predicted molar refractivity (Wildman–Crippen MR) is 202 cm³/mol. The van der Waals surface area contributed by atoms with Crippen LogP contribution in [-0.4, -0.2) is 98.9 Å². The zero-order valence-electron chi connectivity index (χ0n) is 29.9. The van der Waals surface area contributed by atoms with E-state index in [9.17, 15) is 29.3 Å². The molecule has 0 saturated heterocycles. The van der Waals surface area contributed by atoms with Gasteiger partial charge in [-0.25, -0.2) is 9.59 Å². The summed E-state index contributed by atoms with van der Waals surface area (Å²) in [4.78, 5) is 58.4. The number of carbonyl (C=O) groups is 4. The maximum Gasteiger partial charge on any atom is 0.514 e. The number of nitro groups is 1. The first-order valence-electron chi connectivity index (χ1n) is 17.4. The highest BCUT2D eigenvalue weighted by Crippen LogP contribution is 2.38. The first-order chi connectivity index (χ1) is 26.2. The van der Waals surface area contributed by atoms with Gasteiger partial charge in [-0.15, -0.1) is 0 Å². The molecule has 0 aromatic heterocycles. The Labute approximate surface area is 321 Å². The van der Waals surface area contributed by atoms with Gasteiger partial charge >= 0.3 is 18.2 Å². The van der Waals surface area contributed by atoms with E-state index in [1.807, 2.05) is 0 Å². The highest BCUT2D eigenvalue weighted by molar-refractivity contribution is 8.77. The van der Waals surface area contributed by atoms with Crippen molar-refractivity contribution in [2.45, 2.75) is 56.5 Å². The molecule has 2 atom stereocenters. The highest BCUT2D eigenvalue weighted by Gasteiger charge is 2.29. The lowest BCUT2D eigenvalue weighted by atomic mass is 9.97. The van der Waals surface area contributed by atoms with Crippen LogP contribution in [0, 0.1) is 10.1 Å². The number of hydrogen-bond acceptors (Lipinski definition) is 15. The van der Waals surface area contributed by atoms with Crippen LogP contribution in [0.4, 0.5) is 21.0 Å². The third-order valence-electron chi connectivity index (χ3n) is 7.44. The third-order valence-corrected chi connectivity index (χ3v) is 10.4. The first kappa shape index (κ1) is 44.0. The Hall–Kier alpha value is -4.36. The van der Waals surface area contributed by atoms with Crippen LogP contribution in [0.5, 0.6) is 5.75 Å². The summed E-state index contributed by atoms with van der Waals surface area (Å²) in [5, 5.41) is 16.4. The van der Waals surface area contributed by atoms with Crippen molar-refractivity contribution in [1.29, 1.82) is 0 Å². The van der Waals surface area contributed by atoms with Crippen LogP contribution in [0.3, 0.4) is 0 Å². The molecule has 1 saturated carbocycles. The lowest BCUT2D eigenvalue weighted by Crippen LogP contribution is -2.33. The predicted octanol–water partition coefficient (Wildman–Crippen LogP) is 6.23. The van der Waals surface area contributed by atoms with Gasteiger partial charge in [0.1, 0.15) is 25.1 Å². The molecule has 2 N–H and O–H groups in total. The fraction of sp³-hybridized carbons (Fsp3) is 0.500. The second-order valence-corrected chi connectivity index (χ2v) is 14.3. The number of anilines is 1. The van der Waals surface area contributed by atoms with Crippen LogP contribution in [0.2, 0.25) is 0 Å². The van der Waals surface area contributed by atoms with E-state index in [4.69, 9.17) is 33.2 Å². The van der Waals surface area contributed by atoms with E-state index >= 15 is 0 Å². The number of ether oxygens (including phenoxy) is 7. The summed E-state index contributed by atoms with van der Waals surface area (Å²) < 4.78 is 36.9. The second-order valence-electron chi connectivity index (χ2n) is 11.6. The van der Waals surface area contributed by atoms with Gasteiger partial charge in [0.05, 0.1) is 56.2 Å². The van der Waals surface area contributed by atoms with E-state index < -0.39 is 17.2 Å². The smallest absolute Gasteiger partial charge is 0.461 e. The van der Waals surface area contributed by atoms with Crippen LogP contribution in [0.1, 0.15) is 44.1 Å². The highest BCUT2D eigenvalue weighted by atomic mass is 33.1. The maximum absolute atomic E-state index is 12.7. The average molecular weight is 794 g/mol. The van der Waals surface area contributed by atoms with Gasteiger partial charge in [-0.3, -0.25) is 25.0 Å². The van der Waals surface area contributed by atoms with Crippen molar-refractivity contribution in [3.8, 4) is 5.75 Å². The monoisotopic (exact) mass is 793 g/mol. The molecular formula is C36H47N3O13S2. The Kier molecular flexibility index (Phi) is 21.5. The molecule has 0 aliphatic heterocycles. The lowest BCUT2D eigenvalue weighted by molar-refractivity contribution is -0.384. The molecule has 54 heavy (non-hydrogen) atoms. The Morgan fingerprint density at radius 2 is 1.56 bits per heavy atom. The standard InChI is InChI=1S/C36H47N3O13S2/c1-2-18-49-34(41)15-19-46-21-23-48-24-22-47-20-17-37-33(40)16-25-53-54-32-6-4-3-5-31(32)52-35(42)38-28-9-7-27(8-10-28)26-50-36(43)51-30-13-11-29(12-14-30)39(44)45/h2,7-14,31-32H,1,3-6,15-26H2,(H,37,40)(H,38,42)/t31-,32-/m0/s1. The quantitative estimate of drug-likeness (QED) is 0.0167. The Bertz CT molecular complexity index is 1460. The molecule has 1 aliphatic carbocycles. The van der Waals surface area contributed by atoms with Crippen molar-refractivity contribution in [3.63, 3.8) is 0 Å². The van der Waals surface area contributed by atoms with Gasteiger partial charge in [0.2, 0.25) is 5.91 Å². The summed E-state index contributed by atoms with van der Waals surface area (Å²) in [5.41, 5.74) is 1.03. The molecule has 0 unspecified atom stereocenters. The molecular weight excluding hydrogens is 747 g/mol. The largest absolute Gasteiger partial charge is 0.514 e. The molecule has 296 valence electrons. The third kappa shape index (κ3) is 19.1. The molecule has 0 spiro atoms. The molecule has 0 bridgehead atoms. The number of carbonyl (C=O) groups excluding carboxylic acids is 4. The molecule has 0 radical (unpaired) electrons. The van der Waals surface area contributed by atoms with Gasteiger partial charge in [0, 0.05) is 36.5 Å². The molecule has 2 amide bonds. The number of rotatable bonds is 25. The fourth-order valence-electron chi connectivity index (χ4n) is 4.72. The first-order valence-corrected chi connectivity index (χ1v) is 19.8. The molecule has 0 heterocycles. The fourth-order valence-corrected chi connectivity index (χ4v) is 7.56. The molecule has 2 aromatic carbocycles. The van der Waals surface area contributed by atoms with E-state index in [1.54, 1.807) is 45.9 Å². The number of benzene rings is 2. The van der Waals surface area contributed by atoms with Gasteiger partial charge in [-0.1, -0.05) is 52.8 Å². The SMILES string of the molecule is C=CCOC(=O)CCOCCOCCOCCNC(=O)CCSS[C@H]1CCCC[C@@H]1OC(=O)Nc1ccc(COC(=O)Oc2ccc([N+](=O)[O-])cc2)cc1. The van der Waals surface area contributed by atoms with Crippen molar-refractivity contribution < 1.29 is 57.3 Å². The maximum atomic E-state index is 12.7. The Morgan fingerprint density at radius 3 is 2.26 bits per heavy atom. The Balaban J connectivity index is 1.20. The number of nitrogens with one attached hydrogen (secondary N) is 2. The minimum atomic E-state index is -0.963. The van der Waals surface area contributed by atoms with Crippen LogP contribution in [0.25, 0.3) is 0 Å². The number of nitrogens with zero attached hydrogens (tertiary/aromatic N) is 1. The van der Waals surface area contributed by atoms with Crippen molar-refractivity contribution in [2.75, 3.05) is 63.9 Å². The van der Waals surface area contributed by atoms with E-state index in [1.165, 1.54) is 30.3 Å². The molecule has 1 aliphatic rings. The number of nitro benzene ring substituents is 1. The van der Waals surface area contributed by atoms with Crippen molar-refractivity contribution in [3.05, 3.63) is 76.9 Å². The number of esters is 1. The van der Waals surface area contributed by atoms with Crippen LogP contribution in [0.15, 0.2) is 61.2 Å². The average Bonchev–Trinajstić information content (AvgIpc) is 3.16. The van der Waals surface area contributed by atoms with E-state index in [0.717, 1.165) is 25.7 Å². The van der Waals surface area contributed by atoms with E-state index in [0.29, 0.717) is 63.0 Å². The summed E-state index contributed by atoms with van der Waals surface area (Å²) in [7, 11) is 3.23. The van der Waals surface area contributed by atoms with E-state index in [-0.39, 0.29) is 60.9 Å². The van der Waals surface area contributed by atoms with Gasteiger partial charge in [-0.05, 0) is 49.1 Å². The lowest BCUT2D eigenvalue weighted by Gasteiger charge is -2.30. The summed E-state index contributed by atoms with van der Waals surface area (Å²) in [5.74, 6) is 0.327. The minimum Gasteiger partial charge on any atom is -0.461 e. The van der Waals surface area contributed by atoms with Gasteiger partial charge in [0.15, 0.2) is 0 Å². The number of hydrogen-bond donors (Lipinski definition) is 2. The Morgan fingerprint density at radius 1 is 0.870 bits per heavy atom. The summed E-state index contributed by atoms with van der Waals surface area (Å²) in [6.45, 7) is 6.13. The summed E-state index contributed by atoms with van der Waals surface area (Å²) in [6, 6.07) is 11.7. The van der Waals surface area contributed by atoms with Gasteiger partial charge in [-0.2, -0.15) is 0 Å². The zero-order valence-corrected chi connectivity index (χ0v) is 31.6. The normalized spacial score (nSPS) is 15.0. The minimum absolute atomic E-state index is 0.0657. The van der Waals surface area contributed by atoms with E-state index in [2.05, 4.69) is 17.2 Å². The van der Waals surface area contributed by atoms with Crippen molar-refractivity contribution in [2.24, 2.45) is 0 Å². The van der Waals surface area contributed by atoms with Gasteiger partial charge < -0.3 is 38.5 Å². The topological polar surface area (TPSA) is 200 Å². The zero-order chi connectivity index (χ0) is 38.8. The molecule has 18 heteroatoms. The van der Waals surface area contributed by atoms with Crippen LogP contribution >= 0.6 is 21.6 Å². The molecule has 1 fully saturated rings. The van der Waals surface area contributed by atoms with Crippen LogP contribution < -0.4 is 15.4 Å². The molecule has 16 nitrogen and oxygen atoms in total. The number of amides is 2. The van der Waals surface area contributed by atoms with Crippen molar-refractivity contribution >= 4 is 57.1 Å².